The lowest BCUT2D eigenvalue weighted by Gasteiger charge is -1.97. The molecule has 0 amide bonds. The molecule has 1 aromatic heterocycles. The molecule has 1 N–H and O–H groups in total. The van der Waals surface area contributed by atoms with Gasteiger partial charge >= 0.3 is 0 Å². The monoisotopic (exact) mass is 209 g/mol. The lowest BCUT2D eigenvalue weighted by Crippen LogP contribution is -1.91. The number of nitrogens with zero attached hydrogens (tertiary/aromatic N) is 2. The van der Waals surface area contributed by atoms with Gasteiger partial charge in [0.25, 0.3) is 0 Å². The van der Waals surface area contributed by atoms with Crippen molar-refractivity contribution < 1.29 is 0 Å². The fraction of sp³-hybridized carbons (Fsp3) is 0.833. The first-order chi connectivity index (χ1) is 7.24. The Hall–Kier alpha value is -0.860. The predicted octanol–water partition coefficient (Wildman–Crippen LogP) is 3.44. The van der Waals surface area contributed by atoms with Crippen molar-refractivity contribution in [2.45, 2.75) is 65.2 Å². The molecule has 0 saturated heterocycles. The predicted molar refractivity (Wildman–Crippen MR) is 62.9 cm³/mol. The number of unbranched alkanes of at least 4 members (excludes halogenated alkanes) is 4. The third-order valence-corrected chi connectivity index (χ3v) is 2.60. The number of rotatable bonds is 7. The van der Waals surface area contributed by atoms with Crippen LogP contribution in [0.4, 0.5) is 0 Å². The SMILES string of the molecule is CCCCCCCc1n[nH]c(C(C)C)n1. The summed E-state index contributed by atoms with van der Waals surface area (Å²) in [5, 5.41) is 7.22. The summed E-state index contributed by atoms with van der Waals surface area (Å²) in [7, 11) is 0. The number of aromatic amines is 1. The number of hydrogen-bond acceptors (Lipinski definition) is 2. The molecule has 1 heterocycles. The molecular formula is C12H23N3. The first-order valence-electron chi connectivity index (χ1n) is 6.15. The molecule has 3 nitrogen and oxygen atoms in total. The molecule has 86 valence electrons. The average Bonchev–Trinajstić information content (AvgIpc) is 2.66. The molecule has 0 fully saturated rings. The Morgan fingerprint density at radius 3 is 2.47 bits per heavy atom. The van der Waals surface area contributed by atoms with Crippen LogP contribution in [0, 0.1) is 0 Å². The van der Waals surface area contributed by atoms with Crippen LogP contribution in [0.2, 0.25) is 0 Å². The Kier molecular flexibility index (Phi) is 5.37. The summed E-state index contributed by atoms with van der Waals surface area (Å²) in [4.78, 5) is 4.46. The fourth-order valence-corrected chi connectivity index (χ4v) is 1.57. The second kappa shape index (κ2) is 6.59. The second-order valence-corrected chi connectivity index (χ2v) is 4.46. The molecule has 0 unspecified atom stereocenters. The highest BCUT2D eigenvalue weighted by molar-refractivity contribution is 4.94. The summed E-state index contributed by atoms with van der Waals surface area (Å²) in [6.45, 7) is 6.50. The molecule has 0 radical (unpaired) electrons. The summed E-state index contributed by atoms with van der Waals surface area (Å²) in [6, 6.07) is 0. The van der Waals surface area contributed by atoms with Crippen LogP contribution in [0.1, 0.15) is 70.4 Å². The third-order valence-electron chi connectivity index (χ3n) is 2.60. The molecule has 1 rings (SSSR count). The van der Waals surface area contributed by atoms with E-state index in [2.05, 4.69) is 36.0 Å². The van der Waals surface area contributed by atoms with Crippen molar-refractivity contribution >= 4 is 0 Å². The Bertz CT molecular complexity index is 266. The Labute approximate surface area is 92.7 Å². The molecule has 0 aromatic carbocycles. The molecule has 0 saturated carbocycles. The van der Waals surface area contributed by atoms with E-state index < -0.39 is 0 Å². The van der Waals surface area contributed by atoms with E-state index in [1.54, 1.807) is 0 Å². The highest BCUT2D eigenvalue weighted by atomic mass is 15.2. The van der Waals surface area contributed by atoms with Crippen LogP contribution in [0.3, 0.4) is 0 Å². The van der Waals surface area contributed by atoms with Crippen LogP contribution in [-0.4, -0.2) is 15.2 Å². The molecule has 0 aliphatic carbocycles. The minimum absolute atomic E-state index is 0.450. The Balaban J connectivity index is 2.20. The quantitative estimate of drug-likeness (QED) is 0.699. The normalized spacial score (nSPS) is 11.2. The molecule has 0 spiro atoms. The van der Waals surface area contributed by atoms with Crippen molar-refractivity contribution in [3.05, 3.63) is 11.6 Å². The smallest absolute Gasteiger partial charge is 0.150 e. The zero-order valence-electron chi connectivity index (χ0n) is 10.2. The van der Waals surface area contributed by atoms with Gasteiger partial charge in [0.1, 0.15) is 5.82 Å². The van der Waals surface area contributed by atoms with E-state index in [1.807, 2.05) is 0 Å². The second-order valence-electron chi connectivity index (χ2n) is 4.46. The van der Waals surface area contributed by atoms with Gasteiger partial charge in [-0.05, 0) is 6.42 Å². The first kappa shape index (κ1) is 12.2. The number of hydrogen-bond donors (Lipinski definition) is 1. The van der Waals surface area contributed by atoms with E-state index in [4.69, 9.17) is 0 Å². The maximum Gasteiger partial charge on any atom is 0.150 e. The van der Waals surface area contributed by atoms with Crippen LogP contribution < -0.4 is 0 Å². The first-order valence-corrected chi connectivity index (χ1v) is 6.15. The minimum Gasteiger partial charge on any atom is -0.263 e. The maximum atomic E-state index is 4.46. The zero-order valence-corrected chi connectivity index (χ0v) is 10.2. The van der Waals surface area contributed by atoms with Gasteiger partial charge in [-0.25, -0.2) is 4.98 Å². The molecule has 0 bridgehead atoms. The van der Waals surface area contributed by atoms with Gasteiger partial charge in [0.05, 0.1) is 0 Å². The molecule has 1 aromatic rings. The van der Waals surface area contributed by atoms with E-state index >= 15 is 0 Å². The molecule has 0 atom stereocenters. The van der Waals surface area contributed by atoms with Crippen LogP contribution in [0.25, 0.3) is 0 Å². The highest BCUT2D eigenvalue weighted by Gasteiger charge is 2.05. The average molecular weight is 209 g/mol. The molecule has 0 aliphatic heterocycles. The summed E-state index contributed by atoms with van der Waals surface area (Å²) < 4.78 is 0. The summed E-state index contributed by atoms with van der Waals surface area (Å²) in [5.74, 6) is 2.44. The number of aryl methyl sites for hydroxylation is 1. The largest absolute Gasteiger partial charge is 0.263 e. The summed E-state index contributed by atoms with van der Waals surface area (Å²) >= 11 is 0. The maximum absolute atomic E-state index is 4.46. The van der Waals surface area contributed by atoms with E-state index in [0.717, 1.165) is 18.1 Å². The van der Waals surface area contributed by atoms with Crippen molar-refractivity contribution in [3.63, 3.8) is 0 Å². The van der Waals surface area contributed by atoms with Crippen LogP contribution >= 0.6 is 0 Å². The van der Waals surface area contributed by atoms with Crippen molar-refractivity contribution in [1.29, 1.82) is 0 Å². The fourth-order valence-electron chi connectivity index (χ4n) is 1.57. The third kappa shape index (κ3) is 4.45. The topological polar surface area (TPSA) is 41.6 Å². The minimum atomic E-state index is 0.450. The Morgan fingerprint density at radius 1 is 1.13 bits per heavy atom. The van der Waals surface area contributed by atoms with E-state index in [1.165, 1.54) is 32.1 Å². The number of H-pyrrole nitrogens is 1. The lowest BCUT2D eigenvalue weighted by atomic mass is 10.1. The van der Waals surface area contributed by atoms with Gasteiger partial charge in [-0.1, -0.05) is 46.5 Å². The van der Waals surface area contributed by atoms with Gasteiger partial charge in [0, 0.05) is 12.3 Å². The van der Waals surface area contributed by atoms with Gasteiger partial charge < -0.3 is 0 Å². The van der Waals surface area contributed by atoms with Crippen LogP contribution in [-0.2, 0) is 6.42 Å². The van der Waals surface area contributed by atoms with Crippen molar-refractivity contribution in [1.82, 2.24) is 15.2 Å². The molecule has 0 aliphatic rings. The highest BCUT2D eigenvalue weighted by Crippen LogP contribution is 2.10. The van der Waals surface area contributed by atoms with Gasteiger partial charge in [-0.2, -0.15) is 5.10 Å². The standard InChI is InChI=1S/C12H23N3/c1-4-5-6-7-8-9-11-13-12(10(2)3)15-14-11/h10H,4-9H2,1-3H3,(H,13,14,15). The van der Waals surface area contributed by atoms with Crippen molar-refractivity contribution in [3.8, 4) is 0 Å². The molecule has 15 heavy (non-hydrogen) atoms. The molecular weight excluding hydrogens is 186 g/mol. The number of aromatic nitrogens is 3. The molecule has 3 heteroatoms. The van der Waals surface area contributed by atoms with Crippen LogP contribution in [0.5, 0.6) is 0 Å². The van der Waals surface area contributed by atoms with E-state index in [0.29, 0.717) is 5.92 Å². The zero-order chi connectivity index (χ0) is 11.1. The lowest BCUT2D eigenvalue weighted by molar-refractivity contribution is 0.623. The van der Waals surface area contributed by atoms with Gasteiger partial charge in [0.2, 0.25) is 0 Å². The van der Waals surface area contributed by atoms with E-state index in [-0.39, 0.29) is 0 Å². The Morgan fingerprint density at radius 2 is 1.87 bits per heavy atom. The van der Waals surface area contributed by atoms with Gasteiger partial charge in [-0.3, -0.25) is 5.10 Å². The number of nitrogens with one attached hydrogen (secondary N) is 1. The summed E-state index contributed by atoms with van der Waals surface area (Å²) in [6.07, 6.45) is 7.54. The van der Waals surface area contributed by atoms with Crippen LogP contribution in [0.15, 0.2) is 0 Å². The van der Waals surface area contributed by atoms with Gasteiger partial charge in [-0.15, -0.1) is 0 Å². The van der Waals surface area contributed by atoms with Gasteiger partial charge in [0.15, 0.2) is 5.82 Å². The van der Waals surface area contributed by atoms with Crippen molar-refractivity contribution in [2.75, 3.05) is 0 Å². The summed E-state index contributed by atoms with van der Waals surface area (Å²) in [5.41, 5.74) is 0. The van der Waals surface area contributed by atoms with E-state index in [9.17, 15) is 0 Å². The van der Waals surface area contributed by atoms with Crippen molar-refractivity contribution in [2.24, 2.45) is 0 Å².